The minimum atomic E-state index is -0.169. The van der Waals surface area contributed by atoms with Gasteiger partial charge in [0.1, 0.15) is 17.5 Å². The molecule has 1 aromatic carbocycles. The summed E-state index contributed by atoms with van der Waals surface area (Å²) < 4.78 is 0. The molecule has 1 amide bonds. The molecule has 210 valence electrons. The zero-order chi connectivity index (χ0) is 28.2. The molecule has 6 rings (SSSR count). The molecule has 3 N–H and O–H groups in total. The number of benzene rings is 1. The van der Waals surface area contributed by atoms with E-state index in [-0.39, 0.29) is 11.9 Å². The van der Waals surface area contributed by atoms with Crippen molar-refractivity contribution in [3.8, 4) is 0 Å². The molecule has 5 heterocycles. The van der Waals surface area contributed by atoms with Crippen molar-refractivity contribution in [3.63, 3.8) is 0 Å². The van der Waals surface area contributed by atoms with E-state index in [0.717, 1.165) is 67.2 Å². The fourth-order valence-corrected chi connectivity index (χ4v) is 5.21. The number of piperazine rings is 1. The van der Waals surface area contributed by atoms with Crippen LogP contribution in [0.1, 0.15) is 6.42 Å². The molecule has 11 heteroatoms. The summed E-state index contributed by atoms with van der Waals surface area (Å²) in [5, 5.41) is 10.5. The van der Waals surface area contributed by atoms with Crippen LogP contribution >= 0.6 is 0 Å². The molecule has 2 fully saturated rings. The van der Waals surface area contributed by atoms with Gasteiger partial charge in [0.2, 0.25) is 11.9 Å². The highest BCUT2D eigenvalue weighted by atomic mass is 16.1. The van der Waals surface area contributed by atoms with Crippen molar-refractivity contribution in [2.45, 2.75) is 12.5 Å². The second-order valence-corrected chi connectivity index (χ2v) is 10.4. The molecule has 0 unspecified atom stereocenters. The molecular weight excluding hydrogens is 516 g/mol. The maximum absolute atomic E-state index is 11.9. The van der Waals surface area contributed by atoms with Gasteiger partial charge in [0.05, 0.1) is 23.6 Å². The van der Waals surface area contributed by atoms with Crippen LogP contribution in [0.2, 0.25) is 0 Å². The molecule has 11 nitrogen and oxygen atoms in total. The fourth-order valence-electron chi connectivity index (χ4n) is 5.21. The highest BCUT2D eigenvalue weighted by molar-refractivity contribution is 5.93. The lowest BCUT2D eigenvalue weighted by molar-refractivity contribution is -0.117. The third kappa shape index (κ3) is 6.20. The summed E-state index contributed by atoms with van der Waals surface area (Å²) in [7, 11) is 2.15. The van der Waals surface area contributed by atoms with Crippen molar-refractivity contribution in [1.29, 1.82) is 0 Å². The average molecular weight is 551 g/mol. The van der Waals surface area contributed by atoms with Gasteiger partial charge in [-0.15, -0.1) is 0 Å². The van der Waals surface area contributed by atoms with Crippen LogP contribution in [0.15, 0.2) is 73.6 Å². The molecular formula is C30H34N10O. The standard InChI is InChI=1S/C30H34N10O/c1-3-28(41)33-22-11-12-40(20-22)29-24-17-27(32-19-25(24)35-30(37-29)34-21-7-5-4-6-8-21)36-26-10-9-23(18-31-26)39-15-13-38(2)14-16-39/h3-10,17-19,22H,1,11-16,20H2,2H3,(H,33,41)(H,31,32,36)(H,34,35,37)/t22-/m0/s1. The summed E-state index contributed by atoms with van der Waals surface area (Å²) in [5.74, 6) is 2.47. The first-order valence-corrected chi connectivity index (χ1v) is 13.9. The monoisotopic (exact) mass is 550 g/mol. The predicted molar refractivity (Wildman–Crippen MR) is 163 cm³/mol. The van der Waals surface area contributed by atoms with Gasteiger partial charge in [-0.25, -0.2) is 15.0 Å². The van der Waals surface area contributed by atoms with Gasteiger partial charge in [-0.3, -0.25) is 4.79 Å². The van der Waals surface area contributed by atoms with Crippen LogP contribution in [0.4, 0.5) is 34.8 Å². The van der Waals surface area contributed by atoms with Crippen molar-refractivity contribution in [1.82, 2.24) is 30.2 Å². The van der Waals surface area contributed by atoms with E-state index in [4.69, 9.17) is 9.97 Å². The van der Waals surface area contributed by atoms with Gasteiger partial charge in [0, 0.05) is 56.4 Å². The third-order valence-electron chi connectivity index (χ3n) is 7.48. The number of hydrogen-bond acceptors (Lipinski definition) is 10. The number of anilines is 6. The first kappa shape index (κ1) is 26.5. The van der Waals surface area contributed by atoms with E-state index in [1.807, 2.05) is 48.7 Å². The van der Waals surface area contributed by atoms with Crippen molar-refractivity contribution in [3.05, 3.63) is 73.6 Å². The van der Waals surface area contributed by atoms with Crippen LogP contribution in [0.5, 0.6) is 0 Å². The van der Waals surface area contributed by atoms with Gasteiger partial charge < -0.3 is 30.7 Å². The predicted octanol–water partition coefficient (Wildman–Crippen LogP) is 3.54. The van der Waals surface area contributed by atoms with Crippen LogP contribution in [-0.4, -0.2) is 83.1 Å². The molecule has 0 spiro atoms. The number of carbonyl (C=O) groups excluding carboxylic acids is 1. The molecule has 1 atom stereocenters. The summed E-state index contributed by atoms with van der Waals surface area (Å²) in [5.41, 5.74) is 2.74. The van der Waals surface area contributed by atoms with Crippen LogP contribution in [0.25, 0.3) is 10.9 Å². The number of likely N-dealkylation sites (N-methyl/N-ethyl adjacent to an activating group) is 1. The lowest BCUT2D eigenvalue weighted by Crippen LogP contribution is -2.44. The van der Waals surface area contributed by atoms with Crippen LogP contribution < -0.4 is 25.8 Å². The second kappa shape index (κ2) is 11.8. The number of pyridine rings is 2. The Bertz CT molecular complexity index is 1520. The van der Waals surface area contributed by atoms with Gasteiger partial charge >= 0.3 is 0 Å². The maximum Gasteiger partial charge on any atom is 0.243 e. The zero-order valence-corrected chi connectivity index (χ0v) is 23.1. The number of rotatable bonds is 8. The highest BCUT2D eigenvalue weighted by Crippen LogP contribution is 2.31. The maximum atomic E-state index is 11.9. The Labute approximate surface area is 239 Å². The smallest absolute Gasteiger partial charge is 0.243 e. The van der Waals surface area contributed by atoms with E-state index in [1.54, 1.807) is 6.20 Å². The van der Waals surface area contributed by atoms with Gasteiger partial charge in [-0.2, -0.15) is 4.98 Å². The largest absolute Gasteiger partial charge is 0.368 e. The number of hydrogen-bond donors (Lipinski definition) is 3. The van der Waals surface area contributed by atoms with Gasteiger partial charge in [-0.05, 0) is 49.9 Å². The van der Waals surface area contributed by atoms with Gasteiger partial charge in [0.15, 0.2) is 0 Å². The lowest BCUT2D eigenvalue weighted by atomic mass is 10.2. The number of fused-ring (bicyclic) bond motifs is 1. The number of nitrogens with one attached hydrogen (secondary N) is 3. The topological polar surface area (TPSA) is 114 Å². The van der Waals surface area contributed by atoms with Crippen molar-refractivity contribution in [2.24, 2.45) is 0 Å². The Hall–Kier alpha value is -4.77. The van der Waals surface area contributed by atoms with Crippen LogP contribution in [0.3, 0.4) is 0 Å². The Kier molecular flexibility index (Phi) is 7.59. The lowest BCUT2D eigenvalue weighted by Gasteiger charge is -2.33. The van der Waals surface area contributed by atoms with Gasteiger partial charge in [0.25, 0.3) is 0 Å². The quantitative estimate of drug-likeness (QED) is 0.282. The van der Waals surface area contributed by atoms with E-state index in [2.05, 4.69) is 60.3 Å². The molecule has 0 aliphatic carbocycles. The molecule has 2 aliphatic heterocycles. The Morgan fingerprint density at radius 1 is 0.927 bits per heavy atom. The zero-order valence-electron chi connectivity index (χ0n) is 23.1. The number of amides is 1. The molecule has 0 saturated carbocycles. The molecule has 0 radical (unpaired) electrons. The third-order valence-corrected chi connectivity index (χ3v) is 7.48. The van der Waals surface area contributed by atoms with E-state index < -0.39 is 0 Å². The number of carbonyl (C=O) groups is 1. The Morgan fingerprint density at radius 3 is 2.49 bits per heavy atom. The molecule has 2 saturated heterocycles. The minimum Gasteiger partial charge on any atom is -0.368 e. The van der Waals surface area contributed by atoms with Crippen LogP contribution in [-0.2, 0) is 4.79 Å². The molecule has 41 heavy (non-hydrogen) atoms. The minimum absolute atomic E-state index is 0.0125. The van der Waals surface area contributed by atoms with E-state index in [9.17, 15) is 4.79 Å². The Morgan fingerprint density at radius 2 is 1.73 bits per heavy atom. The number of para-hydroxylation sites is 1. The molecule has 3 aromatic heterocycles. The van der Waals surface area contributed by atoms with Crippen molar-refractivity contribution < 1.29 is 4.79 Å². The number of nitrogens with zero attached hydrogens (tertiary/aromatic N) is 7. The van der Waals surface area contributed by atoms with E-state index >= 15 is 0 Å². The van der Waals surface area contributed by atoms with E-state index in [0.29, 0.717) is 24.1 Å². The molecule has 0 bridgehead atoms. The summed E-state index contributed by atoms with van der Waals surface area (Å²) >= 11 is 0. The van der Waals surface area contributed by atoms with Gasteiger partial charge in [-0.1, -0.05) is 24.8 Å². The van der Waals surface area contributed by atoms with E-state index in [1.165, 1.54) is 6.08 Å². The Balaban J connectivity index is 1.26. The summed E-state index contributed by atoms with van der Waals surface area (Å²) in [6.45, 7) is 9.04. The molecule has 2 aliphatic rings. The number of aromatic nitrogens is 4. The fraction of sp³-hybridized carbons (Fsp3) is 0.300. The summed E-state index contributed by atoms with van der Waals surface area (Å²) in [4.78, 5) is 37.7. The SMILES string of the molecule is C=CC(=O)N[C@H]1CCN(c2nc(Nc3ccccc3)nc3cnc(Nc4ccc(N5CCN(C)CC5)cn4)cc23)C1. The normalized spacial score (nSPS) is 17.4. The first-order chi connectivity index (χ1) is 20.0. The summed E-state index contributed by atoms with van der Waals surface area (Å²) in [6, 6.07) is 15.9. The average Bonchev–Trinajstić information content (AvgIpc) is 3.46. The highest BCUT2D eigenvalue weighted by Gasteiger charge is 2.26. The molecule has 4 aromatic rings. The second-order valence-electron chi connectivity index (χ2n) is 10.4. The van der Waals surface area contributed by atoms with Crippen molar-refractivity contribution >= 4 is 51.6 Å². The van der Waals surface area contributed by atoms with Crippen molar-refractivity contribution in [2.75, 3.05) is 66.7 Å². The summed E-state index contributed by atoms with van der Waals surface area (Å²) in [6.07, 6.45) is 5.78. The van der Waals surface area contributed by atoms with Crippen LogP contribution in [0, 0.1) is 0 Å². The first-order valence-electron chi connectivity index (χ1n) is 13.9.